The van der Waals surface area contributed by atoms with Crippen LogP contribution in [0.25, 0.3) is 5.78 Å². The first-order chi connectivity index (χ1) is 10.4. The maximum atomic E-state index is 4.67. The van der Waals surface area contributed by atoms with Crippen LogP contribution in [-0.4, -0.2) is 45.8 Å². The molecule has 1 saturated heterocycles. The Morgan fingerprint density at radius 3 is 2.90 bits per heavy atom. The summed E-state index contributed by atoms with van der Waals surface area (Å²) in [5.74, 6) is 1.86. The second kappa shape index (κ2) is 5.60. The van der Waals surface area contributed by atoms with Gasteiger partial charge in [-0.25, -0.2) is 4.98 Å². The van der Waals surface area contributed by atoms with Crippen LogP contribution in [0.3, 0.4) is 0 Å². The summed E-state index contributed by atoms with van der Waals surface area (Å²) in [5.41, 5.74) is 2.58. The van der Waals surface area contributed by atoms with E-state index < -0.39 is 0 Å². The molecule has 0 amide bonds. The van der Waals surface area contributed by atoms with Gasteiger partial charge in [-0.05, 0) is 25.7 Å². The number of fused-ring (bicyclic) bond motifs is 2. The molecule has 3 heterocycles. The van der Waals surface area contributed by atoms with E-state index in [1.807, 2.05) is 4.52 Å². The highest BCUT2D eigenvalue weighted by atomic mass is 15.4. The predicted octanol–water partition coefficient (Wildman–Crippen LogP) is 0.0937. The number of likely N-dealkylation sites (tertiary alicyclic amines) is 1. The zero-order chi connectivity index (χ0) is 14.1. The van der Waals surface area contributed by atoms with Gasteiger partial charge in [-0.15, -0.1) is 0 Å². The molecular formula is C15H23N6+. The Bertz CT molecular complexity index is 628. The molecule has 2 N–H and O–H groups in total. The lowest BCUT2D eigenvalue weighted by molar-refractivity contribution is -0.885. The van der Waals surface area contributed by atoms with E-state index in [-0.39, 0.29) is 0 Å². The lowest BCUT2D eigenvalue weighted by atomic mass is 9.96. The highest BCUT2D eigenvalue weighted by Gasteiger charge is 2.20. The Morgan fingerprint density at radius 1 is 1.14 bits per heavy atom. The molecule has 0 aromatic carbocycles. The van der Waals surface area contributed by atoms with Gasteiger partial charge in [0, 0.05) is 18.4 Å². The van der Waals surface area contributed by atoms with Crippen LogP contribution >= 0.6 is 0 Å². The van der Waals surface area contributed by atoms with E-state index in [0.29, 0.717) is 0 Å². The number of aromatic nitrogens is 4. The number of hydrogen-bond donors (Lipinski definition) is 2. The van der Waals surface area contributed by atoms with Crippen molar-refractivity contribution in [2.24, 2.45) is 0 Å². The van der Waals surface area contributed by atoms with Crippen LogP contribution in [0.1, 0.15) is 36.9 Å². The van der Waals surface area contributed by atoms with E-state index in [0.717, 1.165) is 31.0 Å². The van der Waals surface area contributed by atoms with Crippen LogP contribution in [0, 0.1) is 0 Å². The maximum absolute atomic E-state index is 4.67. The van der Waals surface area contributed by atoms with Gasteiger partial charge in [0.15, 0.2) is 0 Å². The maximum Gasteiger partial charge on any atom is 0.254 e. The van der Waals surface area contributed by atoms with Crippen molar-refractivity contribution in [3.63, 3.8) is 0 Å². The minimum Gasteiger partial charge on any atom is -0.364 e. The number of rotatable bonds is 4. The SMILES string of the molecule is c1nc2nc3c(c(NCC[NH+]4CCCC4)n2n1)CCCC3. The summed E-state index contributed by atoms with van der Waals surface area (Å²) < 4.78 is 1.88. The van der Waals surface area contributed by atoms with Crippen LogP contribution in [-0.2, 0) is 12.8 Å². The number of anilines is 1. The minimum absolute atomic E-state index is 0.728. The van der Waals surface area contributed by atoms with Crippen molar-refractivity contribution in [1.29, 1.82) is 0 Å². The first-order valence-corrected chi connectivity index (χ1v) is 8.21. The van der Waals surface area contributed by atoms with Crippen molar-refractivity contribution < 1.29 is 4.90 Å². The van der Waals surface area contributed by atoms with Gasteiger partial charge in [-0.1, -0.05) is 0 Å². The molecule has 0 unspecified atom stereocenters. The lowest BCUT2D eigenvalue weighted by Crippen LogP contribution is -3.10. The van der Waals surface area contributed by atoms with Crippen LogP contribution in [0.5, 0.6) is 0 Å². The first kappa shape index (κ1) is 13.0. The van der Waals surface area contributed by atoms with Gasteiger partial charge in [0.25, 0.3) is 5.78 Å². The molecule has 1 aliphatic carbocycles. The Hall–Kier alpha value is -1.69. The zero-order valence-electron chi connectivity index (χ0n) is 12.4. The molecule has 6 nitrogen and oxygen atoms in total. The van der Waals surface area contributed by atoms with E-state index in [2.05, 4.69) is 20.4 Å². The highest BCUT2D eigenvalue weighted by molar-refractivity contribution is 5.53. The van der Waals surface area contributed by atoms with Crippen molar-refractivity contribution in [2.75, 3.05) is 31.5 Å². The molecule has 0 atom stereocenters. The van der Waals surface area contributed by atoms with Gasteiger partial charge in [-0.3, -0.25) is 0 Å². The smallest absolute Gasteiger partial charge is 0.254 e. The summed E-state index contributed by atoms with van der Waals surface area (Å²) in [6, 6.07) is 0. The molecule has 21 heavy (non-hydrogen) atoms. The highest BCUT2D eigenvalue weighted by Crippen LogP contribution is 2.26. The molecular weight excluding hydrogens is 264 g/mol. The van der Waals surface area contributed by atoms with Crippen molar-refractivity contribution >= 4 is 11.6 Å². The minimum atomic E-state index is 0.728. The monoisotopic (exact) mass is 287 g/mol. The van der Waals surface area contributed by atoms with Crippen molar-refractivity contribution in [2.45, 2.75) is 38.5 Å². The van der Waals surface area contributed by atoms with Gasteiger partial charge in [-0.2, -0.15) is 14.6 Å². The van der Waals surface area contributed by atoms with E-state index in [1.165, 1.54) is 56.6 Å². The molecule has 1 fully saturated rings. The van der Waals surface area contributed by atoms with Crippen molar-refractivity contribution in [3.05, 3.63) is 17.6 Å². The van der Waals surface area contributed by atoms with E-state index >= 15 is 0 Å². The molecule has 2 aromatic rings. The predicted molar refractivity (Wildman–Crippen MR) is 80.7 cm³/mol. The topological polar surface area (TPSA) is 59.5 Å². The molecule has 2 aliphatic rings. The van der Waals surface area contributed by atoms with E-state index in [9.17, 15) is 0 Å². The fourth-order valence-corrected chi connectivity index (χ4v) is 3.65. The van der Waals surface area contributed by atoms with Gasteiger partial charge in [0.1, 0.15) is 12.1 Å². The fourth-order valence-electron chi connectivity index (χ4n) is 3.65. The lowest BCUT2D eigenvalue weighted by Gasteiger charge is -2.20. The third-order valence-corrected chi connectivity index (χ3v) is 4.78. The Morgan fingerprint density at radius 2 is 2.00 bits per heavy atom. The third kappa shape index (κ3) is 2.48. The summed E-state index contributed by atoms with van der Waals surface area (Å²) in [5, 5.41) is 7.98. The van der Waals surface area contributed by atoms with Gasteiger partial charge in [0.2, 0.25) is 0 Å². The summed E-state index contributed by atoms with van der Waals surface area (Å²) in [7, 11) is 0. The average molecular weight is 287 g/mol. The van der Waals surface area contributed by atoms with Crippen LogP contribution in [0.4, 0.5) is 5.82 Å². The number of nitrogens with zero attached hydrogens (tertiary/aromatic N) is 4. The van der Waals surface area contributed by atoms with E-state index in [4.69, 9.17) is 0 Å². The summed E-state index contributed by atoms with van der Waals surface area (Å²) >= 11 is 0. The van der Waals surface area contributed by atoms with Crippen LogP contribution < -0.4 is 10.2 Å². The molecule has 6 heteroatoms. The molecule has 0 radical (unpaired) electrons. The molecule has 0 saturated carbocycles. The second-order valence-electron chi connectivity index (χ2n) is 6.20. The molecule has 0 spiro atoms. The standard InChI is InChI=1S/C15H22N6/c1-2-6-13-12(5-1)14(21-15(19-13)17-11-18-21)16-7-10-20-8-3-4-9-20/h11,16H,1-10H2/p+1. The van der Waals surface area contributed by atoms with Crippen molar-refractivity contribution in [1.82, 2.24) is 19.6 Å². The second-order valence-corrected chi connectivity index (χ2v) is 6.20. The van der Waals surface area contributed by atoms with Crippen molar-refractivity contribution in [3.8, 4) is 0 Å². The molecule has 2 aromatic heterocycles. The summed E-state index contributed by atoms with van der Waals surface area (Å²) in [6.45, 7) is 4.85. The number of hydrogen-bond acceptors (Lipinski definition) is 4. The normalized spacial score (nSPS) is 19.0. The quantitative estimate of drug-likeness (QED) is 0.837. The number of nitrogens with one attached hydrogen (secondary N) is 2. The zero-order valence-corrected chi connectivity index (χ0v) is 12.4. The summed E-state index contributed by atoms with van der Waals surface area (Å²) in [6.07, 6.45) is 9.04. The number of quaternary nitrogens is 1. The molecule has 4 rings (SSSR count). The molecule has 1 aliphatic heterocycles. The average Bonchev–Trinajstić information content (AvgIpc) is 3.17. The third-order valence-electron chi connectivity index (χ3n) is 4.78. The number of aryl methyl sites for hydroxylation is 1. The molecule has 112 valence electrons. The summed E-state index contributed by atoms with van der Waals surface area (Å²) in [4.78, 5) is 10.7. The van der Waals surface area contributed by atoms with E-state index in [1.54, 1.807) is 11.2 Å². The molecule has 0 bridgehead atoms. The Labute approximate surface area is 124 Å². The van der Waals surface area contributed by atoms with Gasteiger partial charge >= 0.3 is 0 Å². The van der Waals surface area contributed by atoms with Gasteiger partial charge in [0.05, 0.1) is 31.9 Å². The van der Waals surface area contributed by atoms with Gasteiger partial charge < -0.3 is 10.2 Å². The largest absolute Gasteiger partial charge is 0.364 e. The Kier molecular flexibility index (Phi) is 3.47. The van der Waals surface area contributed by atoms with Crippen LogP contribution in [0.2, 0.25) is 0 Å². The fraction of sp³-hybridized carbons (Fsp3) is 0.667. The Balaban J connectivity index is 1.58. The first-order valence-electron chi connectivity index (χ1n) is 8.21. The van der Waals surface area contributed by atoms with Crippen LogP contribution in [0.15, 0.2) is 6.33 Å².